The van der Waals surface area contributed by atoms with Crippen LogP contribution in [0.1, 0.15) is 18.1 Å². The van der Waals surface area contributed by atoms with E-state index in [9.17, 15) is 17.6 Å². The molecule has 9 heteroatoms. The van der Waals surface area contributed by atoms with E-state index in [1.807, 2.05) is 29.5 Å². The Morgan fingerprint density at radius 2 is 1.89 bits per heavy atom. The van der Waals surface area contributed by atoms with Crippen LogP contribution in [0.5, 0.6) is 0 Å². The number of carbonyl (C=O) groups is 1. The van der Waals surface area contributed by atoms with Crippen LogP contribution in [0.4, 0.5) is 4.39 Å². The van der Waals surface area contributed by atoms with E-state index >= 15 is 0 Å². The van der Waals surface area contributed by atoms with Crippen molar-refractivity contribution >= 4 is 61.5 Å². The van der Waals surface area contributed by atoms with E-state index in [-0.39, 0.29) is 27.1 Å². The topological polar surface area (TPSA) is 66.8 Å². The zero-order valence-electron chi connectivity index (χ0n) is 15.0. The summed E-state index contributed by atoms with van der Waals surface area (Å²) < 4.78 is 43.8. The molecule has 146 valence electrons. The van der Waals surface area contributed by atoms with Gasteiger partial charge in [-0.2, -0.15) is 8.42 Å². The predicted octanol–water partition coefficient (Wildman–Crippen LogP) is 4.42. The normalized spacial score (nSPS) is 17.7. The van der Waals surface area contributed by atoms with Gasteiger partial charge in [0.25, 0.3) is 15.9 Å². The smallest absolute Gasteiger partial charge is 0.284 e. The van der Waals surface area contributed by atoms with Gasteiger partial charge in [0.15, 0.2) is 5.17 Å². The van der Waals surface area contributed by atoms with Gasteiger partial charge in [-0.1, -0.05) is 29.8 Å². The van der Waals surface area contributed by atoms with Crippen molar-refractivity contribution in [2.45, 2.75) is 18.7 Å². The van der Waals surface area contributed by atoms with Crippen molar-refractivity contribution in [2.75, 3.05) is 6.54 Å². The lowest BCUT2D eigenvalue weighted by Crippen LogP contribution is -2.29. The van der Waals surface area contributed by atoms with Crippen LogP contribution in [0.25, 0.3) is 6.08 Å². The maximum atomic E-state index is 14.3. The summed E-state index contributed by atoms with van der Waals surface area (Å²) in [4.78, 5) is 14.2. The first-order chi connectivity index (χ1) is 13.2. The lowest BCUT2D eigenvalue weighted by molar-refractivity contribution is -0.122. The molecular formula is C19H16FIN2O3S2. The fourth-order valence-corrected chi connectivity index (χ4v) is 5.25. The highest BCUT2D eigenvalue weighted by atomic mass is 127. The van der Waals surface area contributed by atoms with Crippen LogP contribution in [0.2, 0.25) is 0 Å². The van der Waals surface area contributed by atoms with E-state index < -0.39 is 21.7 Å². The maximum Gasteiger partial charge on any atom is 0.284 e. The van der Waals surface area contributed by atoms with E-state index in [4.69, 9.17) is 0 Å². The van der Waals surface area contributed by atoms with Crippen LogP contribution >= 0.6 is 34.4 Å². The Labute approximate surface area is 180 Å². The minimum atomic E-state index is -3.97. The molecule has 0 aliphatic carbocycles. The summed E-state index contributed by atoms with van der Waals surface area (Å²) in [5, 5.41) is 0.0605. The van der Waals surface area contributed by atoms with E-state index in [1.54, 1.807) is 37.3 Å². The number of aryl methyl sites for hydroxylation is 1. The Bertz CT molecular complexity index is 1100. The van der Waals surface area contributed by atoms with E-state index in [1.165, 1.54) is 23.1 Å². The Morgan fingerprint density at radius 3 is 2.54 bits per heavy atom. The van der Waals surface area contributed by atoms with E-state index in [2.05, 4.69) is 4.40 Å². The second-order valence-corrected chi connectivity index (χ2v) is 9.74. The first kappa shape index (κ1) is 21.0. The highest BCUT2D eigenvalue weighted by molar-refractivity contribution is 14.1. The van der Waals surface area contributed by atoms with Crippen molar-refractivity contribution in [2.24, 2.45) is 4.40 Å². The Balaban J connectivity index is 1.99. The molecule has 0 radical (unpaired) electrons. The number of amides is 1. The van der Waals surface area contributed by atoms with Gasteiger partial charge < -0.3 is 0 Å². The van der Waals surface area contributed by atoms with Gasteiger partial charge >= 0.3 is 0 Å². The van der Waals surface area contributed by atoms with Gasteiger partial charge in [-0.25, -0.2) is 4.39 Å². The zero-order chi connectivity index (χ0) is 20.5. The van der Waals surface area contributed by atoms with Gasteiger partial charge in [0.05, 0.1) is 9.80 Å². The molecule has 3 rings (SSSR count). The largest absolute Gasteiger partial charge is 0.286 e. The average Bonchev–Trinajstić information content (AvgIpc) is 2.93. The van der Waals surface area contributed by atoms with Crippen LogP contribution in [0.3, 0.4) is 0 Å². The molecule has 0 aromatic heterocycles. The quantitative estimate of drug-likeness (QED) is 0.434. The first-order valence-electron chi connectivity index (χ1n) is 8.30. The number of sulfonamides is 1. The van der Waals surface area contributed by atoms with Crippen molar-refractivity contribution in [1.82, 2.24) is 4.90 Å². The minimum Gasteiger partial charge on any atom is -0.286 e. The van der Waals surface area contributed by atoms with Crippen LogP contribution in [-0.2, 0) is 14.8 Å². The van der Waals surface area contributed by atoms with Crippen LogP contribution in [0, 0.1) is 16.3 Å². The van der Waals surface area contributed by atoms with Crippen molar-refractivity contribution in [3.63, 3.8) is 0 Å². The lowest BCUT2D eigenvalue weighted by Gasteiger charge is -2.12. The molecule has 0 spiro atoms. The van der Waals surface area contributed by atoms with E-state index in [0.717, 1.165) is 17.3 Å². The predicted molar refractivity (Wildman–Crippen MR) is 118 cm³/mol. The number of halogens is 2. The Kier molecular flexibility index (Phi) is 6.25. The van der Waals surface area contributed by atoms with Gasteiger partial charge in [-0.15, -0.1) is 4.40 Å². The third-order valence-electron chi connectivity index (χ3n) is 3.99. The maximum absolute atomic E-state index is 14.3. The number of nitrogens with zero attached hydrogens (tertiary/aromatic N) is 2. The standard InChI is InChI=1S/C19H16FIN2O3S2/c1-3-23-18(24)16(11-13-5-4-6-15(21)17(13)20)27-19(23)22-28(25,26)14-9-7-12(2)8-10-14/h4-11H,3H2,1-2H3/b16-11-,22-19?. The molecule has 5 nitrogen and oxygen atoms in total. The van der Waals surface area contributed by atoms with Gasteiger partial charge in [0.1, 0.15) is 5.82 Å². The summed E-state index contributed by atoms with van der Waals surface area (Å²) >= 11 is 2.80. The third-order valence-corrected chi connectivity index (χ3v) is 7.23. The molecule has 1 aliphatic heterocycles. The SMILES string of the molecule is CCN1C(=O)/C(=C/c2cccc(I)c2F)SC1=NS(=O)(=O)c1ccc(C)cc1. The molecule has 1 heterocycles. The zero-order valence-corrected chi connectivity index (χ0v) is 18.8. The van der Waals surface area contributed by atoms with Gasteiger partial charge in [-0.3, -0.25) is 9.69 Å². The number of amidine groups is 1. The number of carbonyl (C=O) groups excluding carboxylic acids is 1. The summed E-state index contributed by atoms with van der Waals surface area (Å²) in [7, 11) is -3.97. The molecule has 1 aliphatic rings. The average molecular weight is 530 g/mol. The minimum absolute atomic E-state index is 0.0517. The highest BCUT2D eigenvalue weighted by Crippen LogP contribution is 2.34. The summed E-state index contributed by atoms with van der Waals surface area (Å²) in [6.07, 6.45) is 1.42. The van der Waals surface area contributed by atoms with E-state index in [0.29, 0.717) is 3.57 Å². The number of benzene rings is 2. The fourth-order valence-electron chi connectivity index (χ4n) is 2.49. The van der Waals surface area contributed by atoms with Gasteiger partial charge in [0.2, 0.25) is 0 Å². The molecule has 0 bridgehead atoms. The Morgan fingerprint density at radius 1 is 1.21 bits per heavy atom. The molecule has 2 aromatic carbocycles. The second kappa shape index (κ2) is 8.34. The van der Waals surface area contributed by atoms with Gasteiger partial charge in [0, 0.05) is 15.7 Å². The summed E-state index contributed by atoms with van der Waals surface area (Å²) in [6, 6.07) is 11.2. The highest BCUT2D eigenvalue weighted by Gasteiger charge is 2.34. The second-order valence-electron chi connectivity index (χ2n) is 5.97. The molecule has 1 saturated heterocycles. The summed E-state index contributed by atoms with van der Waals surface area (Å²) in [6.45, 7) is 3.83. The molecule has 28 heavy (non-hydrogen) atoms. The number of rotatable bonds is 4. The number of thioether (sulfide) groups is 1. The Hall–Kier alpha value is -1.72. The van der Waals surface area contributed by atoms with Crippen molar-refractivity contribution in [1.29, 1.82) is 0 Å². The van der Waals surface area contributed by atoms with Crippen LogP contribution < -0.4 is 0 Å². The number of likely N-dealkylation sites (N-methyl/N-ethyl adjacent to an activating group) is 1. The van der Waals surface area contributed by atoms with Crippen LogP contribution in [-0.4, -0.2) is 30.9 Å². The summed E-state index contributed by atoms with van der Waals surface area (Å²) in [5.74, 6) is -0.826. The molecule has 0 atom stereocenters. The monoisotopic (exact) mass is 530 g/mol. The molecule has 0 unspecified atom stereocenters. The molecule has 0 saturated carbocycles. The molecular weight excluding hydrogens is 514 g/mol. The lowest BCUT2D eigenvalue weighted by atomic mass is 10.2. The molecule has 1 amide bonds. The molecule has 2 aromatic rings. The van der Waals surface area contributed by atoms with Crippen molar-refractivity contribution in [3.05, 3.63) is 67.9 Å². The molecule has 1 fully saturated rings. The van der Waals surface area contributed by atoms with Crippen molar-refractivity contribution < 1.29 is 17.6 Å². The van der Waals surface area contributed by atoms with Gasteiger partial charge in [-0.05, 0) is 72.5 Å². The fraction of sp³-hybridized carbons (Fsp3) is 0.158. The number of hydrogen-bond acceptors (Lipinski definition) is 4. The van der Waals surface area contributed by atoms with Crippen LogP contribution in [0.15, 0.2) is 56.7 Å². The molecule has 0 N–H and O–H groups in total. The number of hydrogen-bond donors (Lipinski definition) is 0. The van der Waals surface area contributed by atoms with Crippen molar-refractivity contribution in [3.8, 4) is 0 Å². The summed E-state index contributed by atoms with van der Waals surface area (Å²) in [5.41, 5.74) is 1.19. The first-order valence-corrected chi connectivity index (χ1v) is 11.6. The third kappa shape index (κ3) is 4.31.